The molecule has 0 aliphatic heterocycles. The van der Waals surface area contributed by atoms with Gasteiger partial charge in [0, 0.05) is 12.7 Å². The van der Waals surface area contributed by atoms with Crippen LogP contribution in [0.1, 0.15) is 19.4 Å². The van der Waals surface area contributed by atoms with Crippen LogP contribution in [0, 0.1) is 6.92 Å². The SMILES string of the molecule is CC.Cc1ccc(N(C)S(=O)(=O)c2ccc(N)cc2)cc1. The average molecular weight is 306 g/mol. The Kier molecular flexibility index (Phi) is 5.79. The van der Waals surface area contributed by atoms with Crippen molar-refractivity contribution < 1.29 is 8.42 Å². The van der Waals surface area contributed by atoms with Crippen LogP contribution in [-0.4, -0.2) is 15.5 Å². The second-order valence-electron chi connectivity index (χ2n) is 4.38. The van der Waals surface area contributed by atoms with Crippen molar-refractivity contribution >= 4 is 21.4 Å². The van der Waals surface area contributed by atoms with E-state index in [2.05, 4.69) is 0 Å². The van der Waals surface area contributed by atoms with Gasteiger partial charge in [0.15, 0.2) is 0 Å². The quantitative estimate of drug-likeness (QED) is 0.884. The Hall–Kier alpha value is -2.01. The molecule has 0 atom stereocenters. The zero-order valence-corrected chi connectivity index (χ0v) is 13.7. The van der Waals surface area contributed by atoms with Gasteiger partial charge >= 0.3 is 0 Å². The van der Waals surface area contributed by atoms with Gasteiger partial charge in [-0.25, -0.2) is 8.42 Å². The summed E-state index contributed by atoms with van der Waals surface area (Å²) in [7, 11) is -2.01. The van der Waals surface area contributed by atoms with Gasteiger partial charge in [-0.15, -0.1) is 0 Å². The molecule has 0 amide bonds. The van der Waals surface area contributed by atoms with E-state index in [1.54, 1.807) is 24.3 Å². The first-order valence-electron chi connectivity index (χ1n) is 6.82. The van der Waals surface area contributed by atoms with Crippen LogP contribution in [-0.2, 0) is 10.0 Å². The molecule has 0 heterocycles. The zero-order valence-electron chi connectivity index (χ0n) is 12.9. The van der Waals surface area contributed by atoms with E-state index in [4.69, 9.17) is 5.73 Å². The van der Waals surface area contributed by atoms with Gasteiger partial charge < -0.3 is 5.73 Å². The fraction of sp³-hybridized carbons (Fsp3) is 0.250. The second-order valence-corrected chi connectivity index (χ2v) is 6.35. The molecule has 0 unspecified atom stereocenters. The van der Waals surface area contributed by atoms with Gasteiger partial charge in [-0.1, -0.05) is 31.5 Å². The van der Waals surface area contributed by atoms with Crippen LogP contribution in [0.15, 0.2) is 53.4 Å². The van der Waals surface area contributed by atoms with Crippen LogP contribution in [0.5, 0.6) is 0 Å². The van der Waals surface area contributed by atoms with Crippen molar-refractivity contribution in [1.82, 2.24) is 0 Å². The first kappa shape index (κ1) is 17.0. The van der Waals surface area contributed by atoms with Crippen LogP contribution in [0.4, 0.5) is 11.4 Å². The van der Waals surface area contributed by atoms with Crippen molar-refractivity contribution in [2.45, 2.75) is 25.7 Å². The summed E-state index contributed by atoms with van der Waals surface area (Å²) in [5, 5.41) is 0. The Balaban J connectivity index is 0.00000106. The summed E-state index contributed by atoms with van der Waals surface area (Å²) in [4.78, 5) is 0.227. The van der Waals surface area contributed by atoms with E-state index in [0.29, 0.717) is 11.4 Å². The summed E-state index contributed by atoms with van der Waals surface area (Å²) in [6.45, 7) is 5.96. The molecule has 4 nitrogen and oxygen atoms in total. The summed E-state index contributed by atoms with van der Waals surface area (Å²) in [5.74, 6) is 0. The summed E-state index contributed by atoms with van der Waals surface area (Å²) >= 11 is 0. The largest absolute Gasteiger partial charge is 0.399 e. The van der Waals surface area contributed by atoms with E-state index in [-0.39, 0.29) is 4.90 Å². The molecule has 0 aliphatic rings. The van der Waals surface area contributed by atoms with Crippen LogP contribution in [0.2, 0.25) is 0 Å². The molecule has 0 saturated carbocycles. The number of hydrogen-bond acceptors (Lipinski definition) is 3. The first-order valence-corrected chi connectivity index (χ1v) is 8.26. The molecule has 0 bridgehead atoms. The minimum absolute atomic E-state index is 0.227. The van der Waals surface area contributed by atoms with Crippen molar-refractivity contribution in [2.75, 3.05) is 17.1 Å². The maximum atomic E-state index is 12.4. The smallest absolute Gasteiger partial charge is 0.264 e. The Labute approximate surface area is 127 Å². The highest BCUT2D eigenvalue weighted by Crippen LogP contribution is 2.22. The van der Waals surface area contributed by atoms with Gasteiger partial charge in [-0.05, 0) is 43.3 Å². The van der Waals surface area contributed by atoms with Crippen molar-refractivity contribution in [1.29, 1.82) is 0 Å². The standard InChI is InChI=1S/C14H16N2O2S.C2H6/c1-11-3-7-13(8-4-11)16(2)19(17,18)14-9-5-12(15)6-10-14;1-2/h3-10H,15H2,1-2H3;1-2H3. The number of aryl methyl sites for hydroxylation is 1. The number of benzene rings is 2. The average Bonchev–Trinajstić information content (AvgIpc) is 2.50. The lowest BCUT2D eigenvalue weighted by molar-refractivity contribution is 0.594. The third kappa shape index (κ3) is 3.98. The van der Waals surface area contributed by atoms with E-state index in [0.717, 1.165) is 5.56 Å². The predicted molar refractivity (Wildman–Crippen MR) is 89.0 cm³/mol. The molecule has 0 saturated heterocycles. The fourth-order valence-electron chi connectivity index (χ4n) is 1.69. The lowest BCUT2D eigenvalue weighted by Gasteiger charge is -2.19. The molecule has 2 rings (SSSR count). The van der Waals surface area contributed by atoms with E-state index in [9.17, 15) is 8.42 Å². The molecule has 5 heteroatoms. The minimum Gasteiger partial charge on any atom is -0.399 e. The number of hydrogen-bond donors (Lipinski definition) is 1. The van der Waals surface area contributed by atoms with Crippen LogP contribution in [0.3, 0.4) is 0 Å². The number of rotatable bonds is 3. The van der Waals surface area contributed by atoms with Crippen molar-refractivity contribution in [3.8, 4) is 0 Å². The third-order valence-corrected chi connectivity index (χ3v) is 4.74. The summed E-state index contributed by atoms with van der Waals surface area (Å²) in [6.07, 6.45) is 0. The third-order valence-electron chi connectivity index (χ3n) is 2.94. The van der Waals surface area contributed by atoms with Gasteiger partial charge in [0.2, 0.25) is 0 Å². The van der Waals surface area contributed by atoms with Gasteiger partial charge in [0.05, 0.1) is 10.6 Å². The first-order chi connectivity index (χ1) is 9.91. The fourth-order valence-corrected chi connectivity index (χ4v) is 2.89. The van der Waals surface area contributed by atoms with E-state index in [1.807, 2.05) is 32.9 Å². The van der Waals surface area contributed by atoms with Gasteiger partial charge in [-0.3, -0.25) is 4.31 Å². The van der Waals surface area contributed by atoms with Gasteiger partial charge in [0.1, 0.15) is 0 Å². The number of nitrogen functional groups attached to an aromatic ring is 1. The van der Waals surface area contributed by atoms with Crippen LogP contribution < -0.4 is 10.0 Å². The number of anilines is 2. The van der Waals surface area contributed by atoms with E-state index in [1.165, 1.54) is 23.5 Å². The van der Waals surface area contributed by atoms with Crippen LogP contribution in [0.25, 0.3) is 0 Å². The van der Waals surface area contributed by atoms with Crippen molar-refractivity contribution in [2.24, 2.45) is 0 Å². The normalized spacial score (nSPS) is 10.5. The lowest BCUT2D eigenvalue weighted by Crippen LogP contribution is -2.26. The minimum atomic E-state index is -3.54. The van der Waals surface area contributed by atoms with E-state index < -0.39 is 10.0 Å². The summed E-state index contributed by atoms with van der Waals surface area (Å²) in [5.41, 5.74) is 7.82. The number of sulfonamides is 1. The summed E-state index contributed by atoms with van der Waals surface area (Å²) in [6, 6.07) is 13.5. The van der Waals surface area contributed by atoms with Crippen molar-refractivity contribution in [3.63, 3.8) is 0 Å². The maximum Gasteiger partial charge on any atom is 0.264 e. The Bertz CT molecular complexity index is 662. The number of nitrogens with zero attached hydrogens (tertiary/aromatic N) is 1. The molecule has 114 valence electrons. The Morgan fingerprint density at radius 2 is 1.38 bits per heavy atom. The molecule has 0 aliphatic carbocycles. The molecule has 0 radical (unpaired) electrons. The maximum absolute atomic E-state index is 12.4. The van der Waals surface area contributed by atoms with Crippen molar-refractivity contribution in [3.05, 3.63) is 54.1 Å². The van der Waals surface area contributed by atoms with Gasteiger partial charge in [-0.2, -0.15) is 0 Å². The summed E-state index contributed by atoms with van der Waals surface area (Å²) < 4.78 is 26.1. The number of nitrogens with two attached hydrogens (primary N) is 1. The Morgan fingerprint density at radius 1 is 0.905 bits per heavy atom. The topological polar surface area (TPSA) is 63.4 Å². The highest BCUT2D eigenvalue weighted by molar-refractivity contribution is 7.92. The molecule has 2 aromatic carbocycles. The zero-order chi connectivity index (χ0) is 16.0. The van der Waals surface area contributed by atoms with E-state index >= 15 is 0 Å². The molecule has 0 fully saturated rings. The molecule has 0 spiro atoms. The molecular formula is C16H22N2O2S. The Morgan fingerprint density at radius 3 is 1.86 bits per heavy atom. The second kappa shape index (κ2) is 7.13. The molecule has 2 aromatic rings. The highest BCUT2D eigenvalue weighted by Gasteiger charge is 2.20. The molecule has 0 aromatic heterocycles. The molecular weight excluding hydrogens is 284 g/mol. The van der Waals surface area contributed by atoms with Crippen LogP contribution >= 0.6 is 0 Å². The highest BCUT2D eigenvalue weighted by atomic mass is 32.2. The monoisotopic (exact) mass is 306 g/mol. The predicted octanol–water partition coefficient (Wildman–Crippen LogP) is 3.43. The molecule has 21 heavy (non-hydrogen) atoms. The van der Waals surface area contributed by atoms with Gasteiger partial charge in [0.25, 0.3) is 10.0 Å². The lowest BCUT2D eigenvalue weighted by atomic mass is 10.2. The molecule has 2 N–H and O–H groups in total.